The van der Waals surface area contributed by atoms with Crippen LogP contribution < -0.4 is 0 Å². The number of hydrogen-bond donors (Lipinski definition) is 0. The van der Waals surface area contributed by atoms with Gasteiger partial charge in [-0.15, -0.1) is 0 Å². The van der Waals surface area contributed by atoms with Gasteiger partial charge in [0.25, 0.3) is 0 Å². The van der Waals surface area contributed by atoms with E-state index in [0.717, 1.165) is 0 Å². The SMILES string of the molecule is O=C(CC(=O)C(F)(F)F)CC(=O)C(F)(F)C(F)(F)C(F)(F)F. The van der Waals surface area contributed by atoms with Crippen molar-refractivity contribution in [3.05, 3.63) is 0 Å². The Bertz CT molecular complexity index is 473. The van der Waals surface area contributed by atoms with E-state index in [1.54, 1.807) is 0 Å². The van der Waals surface area contributed by atoms with Crippen molar-refractivity contribution < 1.29 is 58.3 Å². The normalized spacial score (nSPS) is 13.9. The Morgan fingerprint density at radius 2 is 1.00 bits per heavy atom. The summed E-state index contributed by atoms with van der Waals surface area (Å²) >= 11 is 0. The van der Waals surface area contributed by atoms with Gasteiger partial charge in [0.15, 0.2) is 0 Å². The van der Waals surface area contributed by atoms with Gasteiger partial charge in [0.1, 0.15) is 5.78 Å². The molecule has 0 heterocycles. The average Bonchev–Trinajstić information content (AvgIpc) is 2.25. The molecule has 0 aliphatic heterocycles. The van der Waals surface area contributed by atoms with E-state index in [2.05, 4.69) is 0 Å². The quantitative estimate of drug-likeness (QED) is 0.547. The highest BCUT2D eigenvalue weighted by atomic mass is 19.4. The molecule has 0 N–H and O–H groups in total. The van der Waals surface area contributed by atoms with Gasteiger partial charge in [-0.2, -0.15) is 43.9 Å². The largest absolute Gasteiger partial charge is 0.460 e. The zero-order valence-electron chi connectivity index (χ0n) is 9.92. The molecule has 0 unspecified atom stereocenters. The highest BCUT2D eigenvalue weighted by molar-refractivity contribution is 6.10. The highest BCUT2D eigenvalue weighted by Crippen LogP contribution is 2.47. The second-order valence-corrected chi connectivity index (χ2v) is 3.88. The van der Waals surface area contributed by atoms with E-state index in [-0.39, 0.29) is 0 Å². The Morgan fingerprint density at radius 1 is 0.636 bits per heavy atom. The molecule has 0 amide bonds. The molecule has 0 aliphatic rings. The van der Waals surface area contributed by atoms with Crippen molar-refractivity contribution in [1.29, 1.82) is 0 Å². The Kier molecular flexibility index (Phi) is 5.39. The van der Waals surface area contributed by atoms with Crippen molar-refractivity contribution >= 4 is 17.3 Å². The first-order valence-corrected chi connectivity index (χ1v) is 4.92. The molecule has 0 rings (SSSR count). The second-order valence-electron chi connectivity index (χ2n) is 3.88. The number of alkyl halides is 10. The van der Waals surface area contributed by atoms with Crippen LogP contribution in [0.3, 0.4) is 0 Å². The molecule has 0 saturated carbocycles. The smallest absolute Gasteiger partial charge is 0.299 e. The summed E-state index contributed by atoms with van der Waals surface area (Å²) < 4.78 is 121. The van der Waals surface area contributed by atoms with Gasteiger partial charge >= 0.3 is 24.2 Å². The summed E-state index contributed by atoms with van der Waals surface area (Å²) in [5.41, 5.74) is 0. The fourth-order valence-corrected chi connectivity index (χ4v) is 0.985. The molecular formula is C9H4F10O3. The molecular weight excluding hydrogens is 346 g/mol. The number of hydrogen-bond acceptors (Lipinski definition) is 3. The van der Waals surface area contributed by atoms with Crippen LogP contribution in [0.25, 0.3) is 0 Å². The molecule has 3 nitrogen and oxygen atoms in total. The van der Waals surface area contributed by atoms with Crippen LogP contribution in [0.4, 0.5) is 43.9 Å². The summed E-state index contributed by atoms with van der Waals surface area (Å²) in [6.45, 7) is 0. The molecule has 0 atom stereocenters. The van der Waals surface area contributed by atoms with Gasteiger partial charge < -0.3 is 0 Å². The van der Waals surface area contributed by atoms with E-state index in [0.29, 0.717) is 0 Å². The molecule has 128 valence electrons. The van der Waals surface area contributed by atoms with Gasteiger partial charge in [0, 0.05) is 0 Å². The second kappa shape index (κ2) is 5.83. The lowest BCUT2D eigenvalue weighted by atomic mass is 10.00. The average molecular weight is 350 g/mol. The van der Waals surface area contributed by atoms with Crippen LogP contribution in [0.15, 0.2) is 0 Å². The van der Waals surface area contributed by atoms with Crippen molar-refractivity contribution in [2.24, 2.45) is 0 Å². The van der Waals surface area contributed by atoms with Crippen LogP contribution in [0.1, 0.15) is 12.8 Å². The van der Waals surface area contributed by atoms with Gasteiger partial charge in [0.05, 0.1) is 12.8 Å². The summed E-state index contributed by atoms with van der Waals surface area (Å²) in [6.07, 6.45) is -16.9. The van der Waals surface area contributed by atoms with Crippen molar-refractivity contribution in [2.45, 2.75) is 37.0 Å². The summed E-state index contributed by atoms with van der Waals surface area (Å²) in [6, 6.07) is 0. The van der Waals surface area contributed by atoms with Crippen molar-refractivity contribution in [2.75, 3.05) is 0 Å². The maximum atomic E-state index is 12.7. The van der Waals surface area contributed by atoms with E-state index in [1.807, 2.05) is 0 Å². The zero-order valence-corrected chi connectivity index (χ0v) is 9.92. The number of ketones is 3. The highest BCUT2D eigenvalue weighted by Gasteiger charge is 2.75. The first-order valence-electron chi connectivity index (χ1n) is 4.92. The number of carbonyl (C=O) groups is 3. The van der Waals surface area contributed by atoms with E-state index in [9.17, 15) is 58.3 Å². The van der Waals surface area contributed by atoms with E-state index in [4.69, 9.17) is 0 Å². The third-order valence-corrected chi connectivity index (χ3v) is 2.13. The Morgan fingerprint density at radius 3 is 1.32 bits per heavy atom. The summed E-state index contributed by atoms with van der Waals surface area (Å²) in [4.78, 5) is 31.7. The van der Waals surface area contributed by atoms with E-state index in [1.165, 1.54) is 0 Å². The molecule has 0 saturated heterocycles. The lowest BCUT2D eigenvalue weighted by molar-refractivity contribution is -0.343. The number of Topliss-reactive ketones (excluding diaryl/α,β-unsaturated/α-hetero) is 3. The van der Waals surface area contributed by atoms with Crippen LogP contribution in [0.2, 0.25) is 0 Å². The Labute approximate surface area is 114 Å². The summed E-state index contributed by atoms with van der Waals surface area (Å²) in [7, 11) is 0. The van der Waals surface area contributed by atoms with Gasteiger partial charge in [0.2, 0.25) is 11.6 Å². The lowest BCUT2D eigenvalue weighted by Crippen LogP contribution is -2.56. The van der Waals surface area contributed by atoms with Gasteiger partial charge in [-0.1, -0.05) is 0 Å². The minimum atomic E-state index is -6.84. The molecule has 0 bridgehead atoms. The molecule has 0 aromatic heterocycles. The predicted molar refractivity (Wildman–Crippen MR) is 46.3 cm³/mol. The molecule has 0 aliphatic carbocycles. The van der Waals surface area contributed by atoms with Gasteiger partial charge in [-0.25, -0.2) is 0 Å². The summed E-state index contributed by atoms with van der Waals surface area (Å²) in [5, 5.41) is 0. The first-order chi connectivity index (χ1) is 9.44. The number of halogens is 10. The monoisotopic (exact) mass is 350 g/mol. The molecule has 0 aromatic carbocycles. The first kappa shape index (κ1) is 20.3. The maximum absolute atomic E-state index is 12.7. The van der Waals surface area contributed by atoms with Crippen LogP contribution in [-0.4, -0.2) is 41.5 Å². The topological polar surface area (TPSA) is 51.2 Å². The minimum absolute atomic E-state index is 2.14. The van der Waals surface area contributed by atoms with Gasteiger partial charge in [-0.3, -0.25) is 14.4 Å². The molecule has 0 aromatic rings. The van der Waals surface area contributed by atoms with Crippen molar-refractivity contribution in [3.8, 4) is 0 Å². The third kappa shape index (κ3) is 4.16. The molecule has 22 heavy (non-hydrogen) atoms. The van der Waals surface area contributed by atoms with Crippen LogP contribution in [-0.2, 0) is 14.4 Å². The van der Waals surface area contributed by atoms with Gasteiger partial charge in [-0.05, 0) is 0 Å². The lowest BCUT2D eigenvalue weighted by Gasteiger charge is -2.26. The fourth-order valence-electron chi connectivity index (χ4n) is 0.985. The minimum Gasteiger partial charge on any atom is -0.299 e. The Balaban J connectivity index is 5.07. The van der Waals surface area contributed by atoms with E-state index >= 15 is 0 Å². The molecule has 0 spiro atoms. The van der Waals surface area contributed by atoms with Crippen LogP contribution in [0, 0.1) is 0 Å². The third-order valence-electron chi connectivity index (χ3n) is 2.13. The Hall–Kier alpha value is -1.69. The van der Waals surface area contributed by atoms with Crippen LogP contribution in [0.5, 0.6) is 0 Å². The summed E-state index contributed by atoms with van der Waals surface area (Å²) in [5.74, 6) is -21.4. The molecule has 13 heteroatoms. The molecule has 0 radical (unpaired) electrons. The van der Waals surface area contributed by atoms with Crippen LogP contribution >= 0.6 is 0 Å². The predicted octanol–water partition coefficient (Wildman–Crippen LogP) is 2.87. The van der Waals surface area contributed by atoms with Crippen molar-refractivity contribution in [3.63, 3.8) is 0 Å². The van der Waals surface area contributed by atoms with Crippen molar-refractivity contribution in [1.82, 2.24) is 0 Å². The number of carbonyl (C=O) groups excluding carboxylic acids is 3. The standard InChI is InChI=1S/C9H4F10O3/c10-6(11,8(15,16)9(17,18)19)4(21)1-3(20)2-5(22)7(12,13)14/h1-2H2. The molecule has 0 fully saturated rings. The van der Waals surface area contributed by atoms with E-state index < -0.39 is 54.4 Å². The number of rotatable bonds is 6. The zero-order chi connectivity index (χ0) is 18.1. The maximum Gasteiger partial charge on any atom is 0.460 e. The fraction of sp³-hybridized carbons (Fsp3) is 0.667.